The summed E-state index contributed by atoms with van der Waals surface area (Å²) < 4.78 is 27.7. The number of rotatable bonds is 7. The van der Waals surface area contributed by atoms with Crippen molar-refractivity contribution in [2.45, 2.75) is 50.0 Å². The summed E-state index contributed by atoms with van der Waals surface area (Å²) in [7, 11) is -3.64. The lowest BCUT2D eigenvalue weighted by molar-refractivity contribution is -0.121. The number of amides is 1. The fraction of sp³-hybridized carbons (Fsp3) is 0.364. The van der Waals surface area contributed by atoms with Gasteiger partial charge in [0.25, 0.3) is 0 Å². The Bertz CT molecular complexity index is 1140. The Morgan fingerprint density at radius 2 is 1.90 bits per heavy atom. The molecule has 1 heterocycles. The minimum absolute atomic E-state index is 0.0398. The molecule has 1 aliphatic rings. The number of hydrogen-bond donors (Lipinski definition) is 3. The SMILES string of the molecule is CC(NC(=O)CCNS(=O)(=O)c1ccc2c(c1)CCCC2)c1nc2ccccc2[nH]1. The summed E-state index contributed by atoms with van der Waals surface area (Å²) in [5.41, 5.74) is 4.10. The molecular weight excluding hydrogens is 400 g/mol. The van der Waals surface area contributed by atoms with Crippen LogP contribution in [0, 0.1) is 0 Å². The van der Waals surface area contributed by atoms with E-state index < -0.39 is 10.0 Å². The number of nitrogens with zero attached hydrogens (tertiary/aromatic N) is 1. The second-order valence-corrected chi connectivity index (χ2v) is 9.48. The number of fused-ring (bicyclic) bond motifs is 2. The van der Waals surface area contributed by atoms with E-state index in [-0.39, 0.29) is 29.8 Å². The zero-order valence-corrected chi connectivity index (χ0v) is 17.8. The van der Waals surface area contributed by atoms with E-state index in [0.717, 1.165) is 42.3 Å². The molecule has 7 nitrogen and oxygen atoms in total. The topological polar surface area (TPSA) is 104 Å². The van der Waals surface area contributed by atoms with Crippen molar-refractivity contribution in [2.24, 2.45) is 0 Å². The lowest BCUT2D eigenvalue weighted by Crippen LogP contribution is -2.32. The number of aromatic amines is 1. The van der Waals surface area contributed by atoms with Crippen molar-refractivity contribution in [1.29, 1.82) is 0 Å². The Kier molecular flexibility index (Phi) is 5.87. The molecule has 0 bridgehead atoms. The first kappa shape index (κ1) is 20.6. The van der Waals surface area contributed by atoms with Gasteiger partial charge in [0.1, 0.15) is 5.82 Å². The van der Waals surface area contributed by atoms with E-state index >= 15 is 0 Å². The fourth-order valence-corrected chi connectivity index (χ4v) is 4.90. The highest BCUT2D eigenvalue weighted by atomic mass is 32.2. The zero-order chi connectivity index (χ0) is 21.1. The molecule has 1 amide bonds. The number of aryl methyl sites for hydroxylation is 2. The van der Waals surface area contributed by atoms with Gasteiger partial charge in [0.15, 0.2) is 0 Å². The van der Waals surface area contributed by atoms with Crippen LogP contribution < -0.4 is 10.0 Å². The number of nitrogens with one attached hydrogen (secondary N) is 3. The van der Waals surface area contributed by atoms with Crippen molar-refractivity contribution in [2.75, 3.05) is 6.54 Å². The molecule has 2 aromatic carbocycles. The van der Waals surface area contributed by atoms with E-state index in [2.05, 4.69) is 20.0 Å². The normalized spacial score (nSPS) is 15.0. The van der Waals surface area contributed by atoms with Gasteiger partial charge >= 0.3 is 0 Å². The quantitative estimate of drug-likeness (QED) is 0.540. The summed E-state index contributed by atoms with van der Waals surface area (Å²) in [4.78, 5) is 20.2. The molecule has 3 N–H and O–H groups in total. The number of aromatic nitrogens is 2. The Morgan fingerprint density at radius 3 is 2.70 bits per heavy atom. The van der Waals surface area contributed by atoms with E-state index in [4.69, 9.17) is 0 Å². The van der Waals surface area contributed by atoms with E-state index in [0.29, 0.717) is 5.82 Å². The standard InChI is InChI=1S/C22H26N4O3S/c1-15(22-25-19-8-4-5-9-20(19)26-22)24-21(27)12-13-23-30(28,29)18-11-10-16-6-2-3-7-17(16)14-18/h4-5,8-11,14-15,23H,2-3,6-7,12-13H2,1H3,(H,24,27)(H,25,26). The van der Waals surface area contributed by atoms with Gasteiger partial charge in [-0.05, 0) is 68.0 Å². The van der Waals surface area contributed by atoms with E-state index in [1.165, 1.54) is 5.56 Å². The first-order chi connectivity index (χ1) is 14.4. The number of imidazole rings is 1. The largest absolute Gasteiger partial charge is 0.346 e. The number of para-hydroxylation sites is 2. The Hall–Kier alpha value is -2.71. The molecular formula is C22H26N4O3S. The molecule has 30 heavy (non-hydrogen) atoms. The van der Waals surface area contributed by atoms with Crippen molar-refractivity contribution < 1.29 is 13.2 Å². The summed E-state index contributed by atoms with van der Waals surface area (Å²) >= 11 is 0. The Labute approximate surface area is 176 Å². The number of carbonyl (C=O) groups excluding carboxylic acids is 1. The van der Waals surface area contributed by atoms with Crippen LogP contribution >= 0.6 is 0 Å². The second-order valence-electron chi connectivity index (χ2n) is 7.71. The third-order valence-electron chi connectivity index (χ3n) is 5.47. The van der Waals surface area contributed by atoms with Crippen LogP contribution in [-0.2, 0) is 27.7 Å². The summed E-state index contributed by atoms with van der Waals surface area (Å²) in [5.74, 6) is 0.426. The van der Waals surface area contributed by atoms with Gasteiger partial charge in [-0.2, -0.15) is 0 Å². The van der Waals surface area contributed by atoms with E-state index in [9.17, 15) is 13.2 Å². The molecule has 0 spiro atoms. The zero-order valence-electron chi connectivity index (χ0n) is 16.9. The molecule has 0 radical (unpaired) electrons. The third-order valence-corrected chi connectivity index (χ3v) is 6.93. The lowest BCUT2D eigenvalue weighted by Gasteiger charge is -2.17. The van der Waals surface area contributed by atoms with Crippen molar-refractivity contribution in [3.63, 3.8) is 0 Å². The number of hydrogen-bond acceptors (Lipinski definition) is 4. The van der Waals surface area contributed by atoms with Crippen LogP contribution in [-0.4, -0.2) is 30.8 Å². The number of H-pyrrole nitrogens is 1. The molecule has 1 aliphatic carbocycles. The third kappa shape index (κ3) is 4.55. The molecule has 0 aliphatic heterocycles. The average Bonchev–Trinajstić information content (AvgIpc) is 3.18. The molecule has 0 saturated heterocycles. The number of benzene rings is 2. The number of carbonyl (C=O) groups is 1. The van der Waals surface area contributed by atoms with E-state index in [1.54, 1.807) is 12.1 Å². The molecule has 3 aromatic rings. The van der Waals surface area contributed by atoms with Crippen LogP contribution in [0.5, 0.6) is 0 Å². The molecule has 8 heteroatoms. The van der Waals surface area contributed by atoms with Gasteiger partial charge in [0, 0.05) is 13.0 Å². The van der Waals surface area contributed by atoms with E-state index in [1.807, 2.05) is 37.3 Å². The predicted molar refractivity (Wildman–Crippen MR) is 116 cm³/mol. The minimum atomic E-state index is -3.64. The van der Waals surface area contributed by atoms with Crippen LogP contribution in [0.25, 0.3) is 11.0 Å². The fourth-order valence-electron chi connectivity index (χ4n) is 3.82. The van der Waals surface area contributed by atoms with Gasteiger partial charge in [-0.3, -0.25) is 4.79 Å². The highest BCUT2D eigenvalue weighted by molar-refractivity contribution is 7.89. The monoisotopic (exact) mass is 426 g/mol. The van der Waals surface area contributed by atoms with Crippen molar-refractivity contribution in [1.82, 2.24) is 20.0 Å². The first-order valence-corrected chi connectivity index (χ1v) is 11.8. The Balaban J connectivity index is 1.31. The molecule has 158 valence electrons. The molecule has 4 rings (SSSR count). The summed E-state index contributed by atoms with van der Waals surface area (Å²) in [5, 5.41) is 2.86. The molecule has 1 atom stereocenters. The molecule has 1 unspecified atom stereocenters. The van der Waals surface area contributed by atoms with Gasteiger partial charge in [0.2, 0.25) is 15.9 Å². The van der Waals surface area contributed by atoms with Gasteiger partial charge in [0.05, 0.1) is 22.0 Å². The summed E-state index contributed by atoms with van der Waals surface area (Å²) in [6.45, 7) is 1.88. The van der Waals surface area contributed by atoms with Crippen LogP contribution in [0.15, 0.2) is 47.4 Å². The lowest BCUT2D eigenvalue weighted by atomic mass is 9.92. The Morgan fingerprint density at radius 1 is 1.13 bits per heavy atom. The van der Waals surface area contributed by atoms with Crippen molar-refractivity contribution in [3.05, 3.63) is 59.4 Å². The average molecular weight is 427 g/mol. The van der Waals surface area contributed by atoms with Gasteiger partial charge in [-0.1, -0.05) is 18.2 Å². The van der Waals surface area contributed by atoms with Gasteiger partial charge in [-0.25, -0.2) is 18.1 Å². The van der Waals surface area contributed by atoms with Crippen LogP contribution in [0.2, 0.25) is 0 Å². The maximum absolute atomic E-state index is 12.6. The maximum Gasteiger partial charge on any atom is 0.240 e. The van der Waals surface area contributed by atoms with Crippen molar-refractivity contribution >= 4 is 27.0 Å². The van der Waals surface area contributed by atoms with Gasteiger partial charge in [-0.15, -0.1) is 0 Å². The molecule has 0 saturated carbocycles. The smallest absolute Gasteiger partial charge is 0.240 e. The minimum Gasteiger partial charge on any atom is -0.346 e. The second kappa shape index (κ2) is 8.57. The number of sulfonamides is 1. The first-order valence-electron chi connectivity index (χ1n) is 10.3. The predicted octanol–water partition coefficient (Wildman–Crippen LogP) is 2.99. The van der Waals surface area contributed by atoms with Crippen LogP contribution in [0.1, 0.15) is 49.2 Å². The van der Waals surface area contributed by atoms with Crippen molar-refractivity contribution in [3.8, 4) is 0 Å². The molecule has 1 aromatic heterocycles. The summed E-state index contributed by atoms with van der Waals surface area (Å²) in [6.07, 6.45) is 4.22. The highest BCUT2D eigenvalue weighted by Gasteiger charge is 2.19. The molecule has 0 fully saturated rings. The van der Waals surface area contributed by atoms with Gasteiger partial charge < -0.3 is 10.3 Å². The van der Waals surface area contributed by atoms with Crippen LogP contribution in [0.3, 0.4) is 0 Å². The maximum atomic E-state index is 12.6. The highest BCUT2D eigenvalue weighted by Crippen LogP contribution is 2.24. The van der Waals surface area contributed by atoms with Crippen LogP contribution in [0.4, 0.5) is 0 Å². The summed E-state index contributed by atoms with van der Waals surface area (Å²) in [6, 6.07) is 12.7.